The number of aliphatic carboxylic acids is 1. The third kappa shape index (κ3) is 5.62. The third-order valence-corrected chi connectivity index (χ3v) is 6.82. The summed E-state index contributed by atoms with van der Waals surface area (Å²) in [6, 6.07) is 29.4. The van der Waals surface area contributed by atoms with Crippen LogP contribution >= 0.6 is 0 Å². The van der Waals surface area contributed by atoms with Crippen molar-refractivity contribution in [3.8, 4) is 17.2 Å². The SMILES string of the molecule is C/C(=C\c1ccc(Oc2c(C(=O)c3ccc4occc4c3)cnc3cc(OCc4ccccc4)ccc23)cc1)C(=O)O. The largest absolute Gasteiger partial charge is 0.489 e. The normalized spacial score (nSPS) is 11.5. The van der Waals surface area contributed by atoms with Gasteiger partial charge in [-0.3, -0.25) is 9.78 Å². The lowest BCUT2D eigenvalue weighted by atomic mass is 10.0. The lowest BCUT2D eigenvalue weighted by Gasteiger charge is -2.15. The Morgan fingerprint density at radius 3 is 2.48 bits per heavy atom. The molecule has 2 heterocycles. The number of carbonyl (C=O) groups is 2. The molecule has 0 bridgehead atoms. The van der Waals surface area contributed by atoms with Crippen molar-refractivity contribution in [1.82, 2.24) is 4.98 Å². The van der Waals surface area contributed by atoms with Gasteiger partial charge in [-0.1, -0.05) is 42.5 Å². The molecule has 0 aliphatic carbocycles. The Hall–Kier alpha value is -5.69. The molecule has 0 aliphatic heterocycles. The van der Waals surface area contributed by atoms with Crippen molar-refractivity contribution >= 4 is 39.7 Å². The van der Waals surface area contributed by atoms with Gasteiger partial charge in [-0.15, -0.1) is 0 Å². The summed E-state index contributed by atoms with van der Waals surface area (Å²) in [5.74, 6) is 0.249. The molecule has 0 fully saturated rings. The van der Waals surface area contributed by atoms with Crippen LogP contribution in [0.1, 0.15) is 34.0 Å². The minimum atomic E-state index is -0.984. The van der Waals surface area contributed by atoms with E-state index in [2.05, 4.69) is 4.98 Å². The van der Waals surface area contributed by atoms with Gasteiger partial charge in [0.2, 0.25) is 0 Å². The van der Waals surface area contributed by atoms with E-state index in [1.807, 2.05) is 48.5 Å². The highest BCUT2D eigenvalue weighted by Gasteiger charge is 2.20. The molecule has 7 nitrogen and oxygen atoms in total. The first-order valence-corrected chi connectivity index (χ1v) is 13.3. The number of hydrogen-bond donors (Lipinski definition) is 1. The number of aromatic nitrogens is 1. The van der Waals surface area contributed by atoms with Crippen LogP contribution in [0.4, 0.5) is 0 Å². The summed E-state index contributed by atoms with van der Waals surface area (Å²) < 4.78 is 17.8. The summed E-state index contributed by atoms with van der Waals surface area (Å²) in [5, 5.41) is 10.6. The number of fused-ring (bicyclic) bond motifs is 2. The molecule has 6 aromatic rings. The zero-order valence-corrected chi connectivity index (χ0v) is 22.6. The summed E-state index contributed by atoms with van der Waals surface area (Å²) in [5.41, 5.74) is 4.05. The van der Waals surface area contributed by atoms with Crippen LogP contribution in [0.2, 0.25) is 0 Å². The first-order chi connectivity index (χ1) is 20.4. The highest BCUT2D eigenvalue weighted by atomic mass is 16.5. The molecule has 42 heavy (non-hydrogen) atoms. The summed E-state index contributed by atoms with van der Waals surface area (Å²) >= 11 is 0. The van der Waals surface area contributed by atoms with Crippen molar-refractivity contribution in [3.63, 3.8) is 0 Å². The minimum absolute atomic E-state index is 0.219. The average Bonchev–Trinajstić information content (AvgIpc) is 3.49. The second-order valence-electron chi connectivity index (χ2n) is 9.76. The Bertz CT molecular complexity index is 1960. The fraction of sp³-hybridized carbons (Fsp3) is 0.0571. The number of carbonyl (C=O) groups excluding carboxylic acids is 1. The van der Waals surface area contributed by atoms with Gasteiger partial charge in [0.1, 0.15) is 29.4 Å². The van der Waals surface area contributed by atoms with E-state index in [0.717, 1.165) is 10.9 Å². The number of nitrogens with zero attached hydrogens (tertiary/aromatic N) is 1. The van der Waals surface area contributed by atoms with Crippen LogP contribution in [-0.2, 0) is 11.4 Å². The quantitative estimate of drug-likeness (QED) is 0.142. The van der Waals surface area contributed by atoms with Crippen molar-refractivity contribution in [2.75, 3.05) is 0 Å². The van der Waals surface area contributed by atoms with Crippen molar-refractivity contribution in [2.24, 2.45) is 0 Å². The summed E-state index contributed by atoms with van der Waals surface area (Å²) in [6.45, 7) is 1.94. The summed E-state index contributed by atoms with van der Waals surface area (Å²) in [7, 11) is 0. The van der Waals surface area contributed by atoms with Gasteiger partial charge in [-0.05, 0) is 72.7 Å². The van der Waals surface area contributed by atoms with Gasteiger partial charge in [0.15, 0.2) is 5.78 Å². The van der Waals surface area contributed by atoms with Gasteiger partial charge in [-0.25, -0.2) is 4.79 Å². The van der Waals surface area contributed by atoms with Crippen molar-refractivity contribution in [2.45, 2.75) is 13.5 Å². The maximum absolute atomic E-state index is 13.8. The number of carboxylic acids is 1. The number of hydrogen-bond acceptors (Lipinski definition) is 6. The molecule has 0 saturated carbocycles. The predicted molar refractivity (Wildman–Crippen MR) is 160 cm³/mol. The van der Waals surface area contributed by atoms with E-state index in [-0.39, 0.29) is 11.4 Å². The van der Waals surface area contributed by atoms with Crippen LogP contribution in [-0.4, -0.2) is 21.8 Å². The zero-order chi connectivity index (χ0) is 29.1. The maximum atomic E-state index is 13.8. The number of furan rings is 1. The smallest absolute Gasteiger partial charge is 0.331 e. The molecular weight excluding hydrogens is 530 g/mol. The highest BCUT2D eigenvalue weighted by Crippen LogP contribution is 2.36. The van der Waals surface area contributed by atoms with E-state index in [4.69, 9.17) is 13.9 Å². The van der Waals surface area contributed by atoms with Crippen LogP contribution in [0.15, 0.2) is 120 Å². The maximum Gasteiger partial charge on any atom is 0.331 e. The first-order valence-electron chi connectivity index (χ1n) is 13.3. The van der Waals surface area contributed by atoms with Crippen molar-refractivity contribution < 1.29 is 28.6 Å². The molecule has 0 radical (unpaired) electrons. The molecule has 206 valence electrons. The van der Waals surface area contributed by atoms with E-state index < -0.39 is 5.97 Å². The monoisotopic (exact) mass is 555 g/mol. The summed E-state index contributed by atoms with van der Waals surface area (Å²) in [4.78, 5) is 29.6. The number of pyridine rings is 1. The van der Waals surface area contributed by atoms with Crippen molar-refractivity contribution in [1.29, 1.82) is 0 Å². The van der Waals surface area contributed by atoms with E-state index >= 15 is 0 Å². The molecule has 6 rings (SSSR count). The Labute approximate surface area is 241 Å². The molecule has 7 heteroatoms. The van der Waals surface area contributed by atoms with E-state index in [9.17, 15) is 14.7 Å². The van der Waals surface area contributed by atoms with Crippen LogP contribution in [0.3, 0.4) is 0 Å². The van der Waals surface area contributed by atoms with Gasteiger partial charge < -0.3 is 19.0 Å². The summed E-state index contributed by atoms with van der Waals surface area (Å²) in [6.07, 6.45) is 4.68. The fourth-order valence-electron chi connectivity index (χ4n) is 4.58. The third-order valence-electron chi connectivity index (χ3n) is 6.82. The molecular formula is C35H25NO6. The van der Waals surface area contributed by atoms with Crippen LogP contribution in [0.25, 0.3) is 27.9 Å². The second kappa shape index (κ2) is 11.4. The van der Waals surface area contributed by atoms with Crippen LogP contribution in [0, 0.1) is 0 Å². The fourth-order valence-corrected chi connectivity index (χ4v) is 4.58. The topological polar surface area (TPSA) is 98.9 Å². The molecule has 0 atom stereocenters. The van der Waals surface area contributed by atoms with E-state index in [1.165, 1.54) is 13.1 Å². The highest BCUT2D eigenvalue weighted by molar-refractivity contribution is 6.14. The molecule has 0 saturated heterocycles. The number of rotatable bonds is 9. The molecule has 0 amide bonds. The van der Waals surface area contributed by atoms with Gasteiger partial charge >= 0.3 is 5.97 Å². The number of benzene rings is 4. The van der Waals surface area contributed by atoms with E-state index in [1.54, 1.807) is 60.9 Å². The Morgan fingerprint density at radius 2 is 1.69 bits per heavy atom. The zero-order valence-electron chi connectivity index (χ0n) is 22.6. The lowest BCUT2D eigenvalue weighted by Crippen LogP contribution is -2.05. The molecule has 1 N–H and O–H groups in total. The number of carboxylic acid groups (broad SMARTS) is 1. The second-order valence-corrected chi connectivity index (χ2v) is 9.76. The molecule has 0 spiro atoms. The molecule has 2 aromatic heterocycles. The number of ketones is 1. The minimum Gasteiger partial charge on any atom is -0.489 e. The Morgan fingerprint density at radius 1 is 0.905 bits per heavy atom. The van der Waals surface area contributed by atoms with Gasteiger partial charge in [-0.2, -0.15) is 0 Å². The Kier molecular flexibility index (Phi) is 7.22. The Balaban J connectivity index is 1.37. The molecule has 0 unspecified atom stereocenters. The lowest BCUT2D eigenvalue weighted by molar-refractivity contribution is -0.132. The first kappa shape index (κ1) is 26.5. The average molecular weight is 556 g/mol. The van der Waals surface area contributed by atoms with Gasteiger partial charge in [0.05, 0.1) is 17.3 Å². The van der Waals surface area contributed by atoms with Crippen LogP contribution in [0.5, 0.6) is 17.2 Å². The number of ether oxygens (including phenoxy) is 2. The molecule has 4 aromatic carbocycles. The standard InChI is InChI=1S/C35H25NO6/c1-22(35(38)39)17-23-7-10-27(11-8-23)42-34-29-13-12-28(41-21-24-5-3-2-4-6-24)19-31(29)36-20-30(34)33(37)26-9-14-32-25(18-26)15-16-40-32/h2-20H,21H2,1H3,(H,38,39)/b22-17+. The van der Waals surface area contributed by atoms with Crippen molar-refractivity contribution in [3.05, 3.63) is 137 Å². The molecule has 0 aliphatic rings. The van der Waals surface area contributed by atoms with Gasteiger partial charge in [0.25, 0.3) is 0 Å². The van der Waals surface area contributed by atoms with E-state index in [0.29, 0.717) is 57.0 Å². The van der Waals surface area contributed by atoms with Crippen LogP contribution < -0.4 is 9.47 Å². The van der Waals surface area contributed by atoms with Gasteiger partial charge in [0, 0.05) is 34.2 Å². The predicted octanol–water partition coefficient (Wildman–Crippen LogP) is 8.07.